The van der Waals surface area contributed by atoms with E-state index in [0.717, 1.165) is 0 Å². The number of hydrogen-bond donors (Lipinski definition) is 1. The fraction of sp³-hybridized carbons (Fsp3) is 0.333. The van der Waals surface area contributed by atoms with Gasteiger partial charge in [-0.25, -0.2) is 27.2 Å². The molecule has 0 fully saturated rings. The molecule has 2 aromatic heterocycles. The summed E-state index contributed by atoms with van der Waals surface area (Å²) in [6.45, 7) is 1.38. The third-order valence-corrected chi connectivity index (χ3v) is 2.94. The first-order chi connectivity index (χ1) is 9.81. The van der Waals surface area contributed by atoms with Gasteiger partial charge in [-0.1, -0.05) is 11.6 Å². The Morgan fingerprint density at radius 2 is 1.86 bits per heavy atom. The van der Waals surface area contributed by atoms with Crippen molar-refractivity contribution >= 4 is 11.6 Å². The summed E-state index contributed by atoms with van der Waals surface area (Å²) in [5, 5.41) is 13.0. The molecule has 2 rings (SSSR count). The van der Waals surface area contributed by atoms with Crippen LogP contribution in [0.5, 0.6) is 0 Å². The molecule has 0 aliphatic rings. The highest BCUT2D eigenvalue weighted by Crippen LogP contribution is 2.30. The van der Waals surface area contributed by atoms with E-state index in [1.165, 1.54) is 19.1 Å². The van der Waals surface area contributed by atoms with Gasteiger partial charge in [0.05, 0.1) is 6.10 Å². The van der Waals surface area contributed by atoms with Crippen molar-refractivity contribution in [1.82, 2.24) is 14.8 Å². The Balaban J connectivity index is 2.68. The molecule has 2 aromatic rings. The minimum atomic E-state index is -3.03. The Labute approximate surface area is 122 Å². The second kappa shape index (κ2) is 5.98. The SMILES string of the molecule is C[C@H](O)c1ccc(Cl)nc1-n1nc(C(F)F)cc1C(F)F. The van der Waals surface area contributed by atoms with Crippen molar-refractivity contribution in [3.05, 3.63) is 40.3 Å². The van der Waals surface area contributed by atoms with Crippen LogP contribution in [0.15, 0.2) is 18.2 Å². The standard InChI is InChI=1S/C12H10ClF4N3O/c1-5(21)6-2-3-9(13)18-12(6)20-8(11(16)17)4-7(19-20)10(14)15/h2-5,10-11,21H,1H3/t5-/m0/s1. The Kier molecular flexibility index (Phi) is 4.48. The lowest BCUT2D eigenvalue weighted by Crippen LogP contribution is -2.10. The van der Waals surface area contributed by atoms with Gasteiger partial charge in [-0.2, -0.15) is 5.10 Å². The van der Waals surface area contributed by atoms with Crippen molar-refractivity contribution in [3.63, 3.8) is 0 Å². The highest BCUT2D eigenvalue weighted by Gasteiger charge is 2.25. The highest BCUT2D eigenvalue weighted by molar-refractivity contribution is 6.29. The van der Waals surface area contributed by atoms with E-state index in [4.69, 9.17) is 11.6 Å². The summed E-state index contributed by atoms with van der Waals surface area (Å²) in [6.07, 6.45) is -7.10. The number of halogens is 5. The number of hydrogen-bond acceptors (Lipinski definition) is 3. The van der Waals surface area contributed by atoms with Crippen molar-refractivity contribution in [1.29, 1.82) is 0 Å². The molecule has 0 bridgehead atoms. The molecule has 0 unspecified atom stereocenters. The second-order valence-electron chi connectivity index (χ2n) is 4.23. The highest BCUT2D eigenvalue weighted by atomic mass is 35.5. The zero-order chi connectivity index (χ0) is 15.7. The third kappa shape index (κ3) is 3.16. The van der Waals surface area contributed by atoms with Gasteiger partial charge in [0.2, 0.25) is 0 Å². The maximum Gasteiger partial charge on any atom is 0.282 e. The molecule has 21 heavy (non-hydrogen) atoms. The first-order valence-corrected chi connectivity index (χ1v) is 6.20. The number of aliphatic hydroxyl groups excluding tert-OH is 1. The Morgan fingerprint density at radius 3 is 2.38 bits per heavy atom. The first-order valence-electron chi connectivity index (χ1n) is 5.82. The molecule has 0 aromatic carbocycles. The maximum atomic E-state index is 13.0. The van der Waals surface area contributed by atoms with E-state index >= 15 is 0 Å². The van der Waals surface area contributed by atoms with Crippen molar-refractivity contribution < 1.29 is 22.7 Å². The van der Waals surface area contributed by atoms with Crippen LogP contribution in [0.4, 0.5) is 17.6 Å². The lowest BCUT2D eigenvalue weighted by atomic mass is 10.1. The lowest BCUT2D eigenvalue weighted by molar-refractivity contribution is 0.142. The van der Waals surface area contributed by atoms with E-state index < -0.39 is 30.3 Å². The minimum Gasteiger partial charge on any atom is -0.389 e. The molecule has 0 radical (unpaired) electrons. The van der Waals surface area contributed by atoms with Gasteiger partial charge in [0, 0.05) is 5.56 Å². The van der Waals surface area contributed by atoms with Gasteiger partial charge in [0.25, 0.3) is 12.9 Å². The fourth-order valence-corrected chi connectivity index (χ4v) is 1.92. The molecule has 0 aliphatic heterocycles. The molecule has 0 saturated carbocycles. The molecule has 1 atom stereocenters. The number of alkyl halides is 4. The first kappa shape index (κ1) is 15.7. The van der Waals surface area contributed by atoms with Crippen LogP contribution < -0.4 is 0 Å². The monoisotopic (exact) mass is 323 g/mol. The number of aliphatic hydroxyl groups is 1. The lowest BCUT2D eigenvalue weighted by Gasteiger charge is -2.13. The second-order valence-corrected chi connectivity index (χ2v) is 4.62. The largest absolute Gasteiger partial charge is 0.389 e. The minimum absolute atomic E-state index is 0.0382. The zero-order valence-electron chi connectivity index (χ0n) is 10.6. The predicted octanol–water partition coefficient (Wildman–Crippen LogP) is 3.85. The van der Waals surface area contributed by atoms with Crippen LogP contribution >= 0.6 is 11.6 Å². The van der Waals surface area contributed by atoms with Crippen LogP contribution in [0.3, 0.4) is 0 Å². The van der Waals surface area contributed by atoms with Crippen LogP contribution in [-0.2, 0) is 0 Å². The summed E-state index contributed by atoms with van der Waals surface area (Å²) in [7, 11) is 0. The van der Waals surface area contributed by atoms with Crippen LogP contribution in [-0.4, -0.2) is 19.9 Å². The zero-order valence-corrected chi connectivity index (χ0v) is 11.4. The fourth-order valence-electron chi connectivity index (χ4n) is 1.78. The summed E-state index contributed by atoms with van der Waals surface area (Å²) < 4.78 is 51.9. The van der Waals surface area contributed by atoms with Crippen molar-refractivity contribution in [2.45, 2.75) is 25.9 Å². The molecule has 0 saturated heterocycles. The number of rotatable bonds is 4. The molecular weight excluding hydrogens is 314 g/mol. The number of nitrogens with zero attached hydrogens (tertiary/aromatic N) is 3. The molecule has 114 valence electrons. The Hall–Kier alpha value is -1.67. The van der Waals surface area contributed by atoms with Gasteiger partial charge >= 0.3 is 0 Å². The molecule has 4 nitrogen and oxygen atoms in total. The molecule has 1 N–H and O–H groups in total. The smallest absolute Gasteiger partial charge is 0.282 e. The molecule has 0 spiro atoms. The summed E-state index contributed by atoms with van der Waals surface area (Å²) in [4.78, 5) is 3.81. The van der Waals surface area contributed by atoms with Crippen molar-refractivity contribution in [2.75, 3.05) is 0 Å². The van der Waals surface area contributed by atoms with Gasteiger partial charge in [-0.3, -0.25) is 0 Å². The van der Waals surface area contributed by atoms with E-state index in [0.29, 0.717) is 10.7 Å². The Morgan fingerprint density at radius 1 is 1.19 bits per heavy atom. The van der Waals surface area contributed by atoms with E-state index in [1.807, 2.05) is 0 Å². The van der Waals surface area contributed by atoms with Gasteiger partial charge in [0.1, 0.15) is 16.5 Å². The van der Waals surface area contributed by atoms with Crippen molar-refractivity contribution in [2.24, 2.45) is 0 Å². The third-order valence-electron chi connectivity index (χ3n) is 2.73. The Bertz CT molecular complexity index is 645. The van der Waals surface area contributed by atoms with Crippen LogP contribution in [0.2, 0.25) is 5.15 Å². The molecular formula is C12H10ClF4N3O. The van der Waals surface area contributed by atoms with Gasteiger partial charge in [-0.15, -0.1) is 0 Å². The summed E-state index contributed by atoms with van der Waals surface area (Å²) >= 11 is 5.70. The predicted molar refractivity (Wildman–Crippen MR) is 66.9 cm³/mol. The number of aromatic nitrogens is 3. The average Bonchev–Trinajstić information content (AvgIpc) is 2.83. The number of pyridine rings is 1. The van der Waals surface area contributed by atoms with Gasteiger partial charge in [0.15, 0.2) is 5.82 Å². The maximum absolute atomic E-state index is 13.0. The summed E-state index contributed by atoms with van der Waals surface area (Å²) in [5.41, 5.74) is -1.41. The summed E-state index contributed by atoms with van der Waals surface area (Å²) in [5.74, 6) is -0.209. The molecule has 9 heteroatoms. The molecule has 2 heterocycles. The topological polar surface area (TPSA) is 50.9 Å². The van der Waals surface area contributed by atoms with Gasteiger partial charge in [-0.05, 0) is 25.1 Å². The van der Waals surface area contributed by atoms with Crippen LogP contribution in [0.25, 0.3) is 5.82 Å². The molecule has 0 aliphatic carbocycles. The van der Waals surface area contributed by atoms with E-state index in [-0.39, 0.29) is 16.5 Å². The van der Waals surface area contributed by atoms with E-state index in [2.05, 4.69) is 10.1 Å². The quantitative estimate of drug-likeness (QED) is 0.687. The van der Waals surface area contributed by atoms with Crippen molar-refractivity contribution in [3.8, 4) is 5.82 Å². The van der Waals surface area contributed by atoms with Gasteiger partial charge < -0.3 is 5.11 Å². The van der Waals surface area contributed by atoms with E-state index in [9.17, 15) is 22.7 Å². The average molecular weight is 324 g/mol. The van der Waals surface area contributed by atoms with Crippen LogP contribution in [0, 0.1) is 0 Å². The molecule has 0 amide bonds. The van der Waals surface area contributed by atoms with E-state index in [1.54, 1.807) is 0 Å². The summed E-state index contributed by atoms with van der Waals surface area (Å²) in [6, 6.07) is 3.32. The normalized spacial score (nSPS) is 13.2. The van der Waals surface area contributed by atoms with Crippen LogP contribution in [0.1, 0.15) is 42.8 Å².